The molecule has 1 atom stereocenters. The van der Waals surface area contributed by atoms with Crippen LogP contribution in [-0.4, -0.2) is 12.6 Å². The van der Waals surface area contributed by atoms with Crippen molar-refractivity contribution >= 4 is 5.97 Å². The van der Waals surface area contributed by atoms with Gasteiger partial charge in [0.15, 0.2) is 0 Å². The molecule has 0 saturated heterocycles. The zero-order chi connectivity index (χ0) is 12.7. The molecule has 0 aliphatic heterocycles. The highest BCUT2D eigenvalue weighted by molar-refractivity contribution is 5.71. The molecular formula is C16H20O2. The normalized spacial score (nSPS) is 28.2. The molecule has 0 aromatic heterocycles. The van der Waals surface area contributed by atoms with Crippen LogP contribution in [0.2, 0.25) is 0 Å². The molecule has 2 bridgehead atoms. The Kier molecular flexibility index (Phi) is 2.89. The minimum Gasteiger partial charge on any atom is -0.466 e. The third-order valence-corrected chi connectivity index (χ3v) is 4.52. The number of carbonyl (C=O) groups excluding carboxylic acids is 1. The van der Waals surface area contributed by atoms with Crippen LogP contribution in [0.1, 0.15) is 54.7 Å². The number of carbonyl (C=O) groups is 1. The van der Waals surface area contributed by atoms with Gasteiger partial charge in [0.05, 0.1) is 13.0 Å². The number of ether oxygens (including phenoxy) is 1. The van der Waals surface area contributed by atoms with E-state index in [0.717, 1.165) is 5.92 Å². The molecule has 3 aliphatic carbocycles. The summed E-state index contributed by atoms with van der Waals surface area (Å²) in [4.78, 5) is 11.7. The van der Waals surface area contributed by atoms with Crippen LogP contribution in [0.5, 0.6) is 0 Å². The molecular weight excluding hydrogens is 224 g/mol. The second-order valence-electron chi connectivity index (χ2n) is 5.68. The summed E-state index contributed by atoms with van der Waals surface area (Å²) in [6.45, 7) is 4.50. The van der Waals surface area contributed by atoms with E-state index in [1.165, 1.54) is 29.5 Å². The molecule has 0 radical (unpaired) electrons. The topological polar surface area (TPSA) is 26.3 Å². The Hall–Kier alpha value is -1.31. The van der Waals surface area contributed by atoms with Gasteiger partial charge in [-0.15, -0.1) is 0 Å². The minimum absolute atomic E-state index is 0.0422. The molecule has 0 amide bonds. The lowest BCUT2D eigenvalue weighted by Crippen LogP contribution is -2.35. The second-order valence-corrected chi connectivity index (χ2v) is 5.68. The van der Waals surface area contributed by atoms with Gasteiger partial charge in [-0.1, -0.05) is 23.8 Å². The maximum Gasteiger partial charge on any atom is 0.306 e. The van der Waals surface area contributed by atoms with Crippen molar-refractivity contribution in [1.82, 2.24) is 0 Å². The van der Waals surface area contributed by atoms with E-state index in [1.54, 1.807) is 0 Å². The van der Waals surface area contributed by atoms with E-state index in [0.29, 0.717) is 24.9 Å². The van der Waals surface area contributed by atoms with E-state index >= 15 is 0 Å². The van der Waals surface area contributed by atoms with Crippen molar-refractivity contribution in [3.63, 3.8) is 0 Å². The van der Waals surface area contributed by atoms with Gasteiger partial charge in [-0.3, -0.25) is 4.79 Å². The third kappa shape index (κ3) is 1.84. The predicted octanol–water partition coefficient (Wildman–Crippen LogP) is 3.54. The first kappa shape index (κ1) is 11.8. The molecule has 1 aromatic carbocycles. The van der Waals surface area contributed by atoms with Crippen molar-refractivity contribution in [2.24, 2.45) is 5.92 Å². The van der Waals surface area contributed by atoms with Gasteiger partial charge >= 0.3 is 5.97 Å². The average molecular weight is 244 g/mol. The van der Waals surface area contributed by atoms with Gasteiger partial charge < -0.3 is 4.74 Å². The first-order valence-electron chi connectivity index (χ1n) is 6.95. The van der Waals surface area contributed by atoms with Gasteiger partial charge in [-0.05, 0) is 55.6 Å². The van der Waals surface area contributed by atoms with Crippen LogP contribution in [0.15, 0.2) is 18.2 Å². The van der Waals surface area contributed by atoms with Crippen molar-refractivity contribution in [1.29, 1.82) is 0 Å². The van der Waals surface area contributed by atoms with Crippen molar-refractivity contribution in [2.75, 3.05) is 6.61 Å². The molecule has 2 nitrogen and oxygen atoms in total. The average Bonchev–Trinajstić information content (AvgIpc) is 2.26. The number of hydrogen-bond acceptors (Lipinski definition) is 2. The lowest BCUT2D eigenvalue weighted by atomic mass is 9.57. The van der Waals surface area contributed by atoms with Crippen LogP contribution in [0.3, 0.4) is 0 Å². The van der Waals surface area contributed by atoms with E-state index in [4.69, 9.17) is 4.74 Å². The summed E-state index contributed by atoms with van der Waals surface area (Å²) in [5.74, 6) is 1.81. The molecule has 1 saturated carbocycles. The highest BCUT2D eigenvalue weighted by atomic mass is 16.5. The van der Waals surface area contributed by atoms with Gasteiger partial charge in [0.2, 0.25) is 0 Å². The van der Waals surface area contributed by atoms with Crippen molar-refractivity contribution in [3.05, 3.63) is 34.9 Å². The summed E-state index contributed by atoms with van der Waals surface area (Å²) in [6.07, 6.45) is 3.09. The summed E-state index contributed by atoms with van der Waals surface area (Å²) in [7, 11) is 0. The van der Waals surface area contributed by atoms with Gasteiger partial charge in [-0.25, -0.2) is 0 Å². The molecule has 2 heteroatoms. The number of hydrogen-bond donors (Lipinski definition) is 0. The Morgan fingerprint density at radius 1 is 1.33 bits per heavy atom. The fraction of sp³-hybridized carbons (Fsp3) is 0.562. The highest BCUT2D eigenvalue weighted by Gasteiger charge is 2.44. The third-order valence-electron chi connectivity index (χ3n) is 4.52. The second kappa shape index (κ2) is 4.42. The van der Waals surface area contributed by atoms with Crippen LogP contribution in [-0.2, 0) is 9.53 Å². The molecule has 18 heavy (non-hydrogen) atoms. The summed E-state index contributed by atoms with van der Waals surface area (Å²) in [6, 6.07) is 6.71. The summed E-state index contributed by atoms with van der Waals surface area (Å²) in [5.41, 5.74) is 4.22. The summed E-state index contributed by atoms with van der Waals surface area (Å²) in [5, 5.41) is 0. The van der Waals surface area contributed by atoms with Gasteiger partial charge in [0.1, 0.15) is 0 Å². The lowest BCUT2D eigenvalue weighted by Gasteiger charge is -2.48. The quantitative estimate of drug-likeness (QED) is 0.760. The van der Waals surface area contributed by atoms with Crippen LogP contribution < -0.4 is 0 Å². The van der Waals surface area contributed by atoms with Crippen LogP contribution in [0, 0.1) is 12.8 Å². The zero-order valence-corrected chi connectivity index (χ0v) is 11.1. The first-order valence-corrected chi connectivity index (χ1v) is 6.95. The Labute approximate surface area is 108 Å². The zero-order valence-electron chi connectivity index (χ0n) is 11.1. The molecule has 0 heterocycles. The van der Waals surface area contributed by atoms with Crippen LogP contribution in [0.25, 0.3) is 0 Å². The molecule has 4 rings (SSSR count). The summed E-state index contributed by atoms with van der Waals surface area (Å²) >= 11 is 0. The van der Waals surface area contributed by atoms with Crippen molar-refractivity contribution in [3.8, 4) is 0 Å². The van der Waals surface area contributed by atoms with Crippen LogP contribution >= 0.6 is 0 Å². The Morgan fingerprint density at radius 3 is 2.83 bits per heavy atom. The van der Waals surface area contributed by atoms with Crippen LogP contribution in [0.4, 0.5) is 0 Å². The fourth-order valence-corrected chi connectivity index (χ4v) is 3.56. The molecule has 0 N–H and O–H groups in total. The molecule has 1 unspecified atom stereocenters. The summed E-state index contributed by atoms with van der Waals surface area (Å²) < 4.78 is 5.11. The number of esters is 1. The van der Waals surface area contributed by atoms with Crippen molar-refractivity contribution < 1.29 is 9.53 Å². The SMILES string of the molecule is CCOC(=O)CC1c2ccc(C)cc2C2CC1C2. The van der Waals surface area contributed by atoms with Gasteiger partial charge in [0, 0.05) is 0 Å². The maximum atomic E-state index is 11.7. The largest absolute Gasteiger partial charge is 0.466 e. The Morgan fingerprint density at radius 2 is 2.11 bits per heavy atom. The van der Waals surface area contributed by atoms with E-state index in [9.17, 15) is 4.79 Å². The molecule has 3 aliphatic rings. The molecule has 0 spiro atoms. The number of benzene rings is 1. The molecule has 96 valence electrons. The molecule has 1 aromatic rings. The van der Waals surface area contributed by atoms with E-state index in [-0.39, 0.29) is 5.97 Å². The van der Waals surface area contributed by atoms with E-state index < -0.39 is 0 Å². The smallest absolute Gasteiger partial charge is 0.306 e. The Bertz CT molecular complexity index is 472. The standard InChI is InChI=1S/C16H20O2/c1-3-18-16(17)9-15-12-7-11(8-12)14-6-10(2)4-5-13(14)15/h4-6,11-12,15H,3,7-9H2,1-2H3. The monoisotopic (exact) mass is 244 g/mol. The first-order chi connectivity index (χ1) is 8.69. The number of aryl methyl sites for hydroxylation is 1. The van der Waals surface area contributed by atoms with Gasteiger partial charge in [-0.2, -0.15) is 0 Å². The highest BCUT2D eigenvalue weighted by Crippen LogP contribution is 2.56. The van der Waals surface area contributed by atoms with Gasteiger partial charge in [0.25, 0.3) is 0 Å². The maximum absolute atomic E-state index is 11.7. The molecule has 1 fully saturated rings. The van der Waals surface area contributed by atoms with Crippen molar-refractivity contribution in [2.45, 2.75) is 44.9 Å². The lowest BCUT2D eigenvalue weighted by molar-refractivity contribution is -0.144. The fourth-order valence-electron chi connectivity index (χ4n) is 3.56. The number of rotatable bonds is 3. The van der Waals surface area contributed by atoms with E-state index in [1.807, 2.05) is 6.92 Å². The van der Waals surface area contributed by atoms with E-state index in [2.05, 4.69) is 25.1 Å². The minimum atomic E-state index is -0.0422. The predicted molar refractivity (Wildman–Crippen MR) is 70.6 cm³/mol. The Balaban J connectivity index is 1.87.